The van der Waals surface area contributed by atoms with Gasteiger partial charge in [-0.05, 0) is 37.5 Å². The quantitative estimate of drug-likeness (QED) is 0.736. The molecule has 0 aromatic rings. The molecular formula is C14H16O4. The standard InChI is InChI=1S/C14H16O4/c1-8-6-11(15)10-5-3-4-9(7-12(16)17)14(10,2)13(8)18/h3-4,6,9,15H,5,7H2,1-2H3,(H,16,17)/t9-,14+/m0/s1. The first-order valence-electron chi connectivity index (χ1n) is 5.91. The predicted octanol–water partition coefficient (Wildman–Crippen LogP) is 2.38. The molecule has 4 heteroatoms. The molecule has 0 saturated heterocycles. The van der Waals surface area contributed by atoms with Crippen LogP contribution in [0.3, 0.4) is 0 Å². The number of ketones is 1. The third-order valence-electron chi connectivity index (χ3n) is 3.95. The number of rotatable bonds is 2. The van der Waals surface area contributed by atoms with Crippen molar-refractivity contribution in [1.82, 2.24) is 0 Å². The minimum Gasteiger partial charge on any atom is -0.508 e. The summed E-state index contributed by atoms with van der Waals surface area (Å²) in [5, 5.41) is 18.9. The number of aliphatic hydroxyl groups excluding tert-OH is 1. The summed E-state index contributed by atoms with van der Waals surface area (Å²) < 4.78 is 0. The van der Waals surface area contributed by atoms with Crippen LogP contribution in [-0.2, 0) is 9.59 Å². The van der Waals surface area contributed by atoms with Crippen molar-refractivity contribution in [1.29, 1.82) is 0 Å². The number of hydrogen-bond acceptors (Lipinski definition) is 3. The molecule has 0 amide bonds. The predicted molar refractivity (Wildman–Crippen MR) is 66.0 cm³/mol. The van der Waals surface area contributed by atoms with Crippen LogP contribution in [0.1, 0.15) is 26.7 Å². The van der Waals surface area contributed by atoms with Crippen LogP contribution in [0.5, 0.6) is 0 Å². The Morgan fingerprint density at radius 3 is 2.83 bits per heavy atom. The fourth-order valence-electron chi connectivity index (χ4n) is 2.88. The van der Waals surface area contributed by atoms with Gasteiger partial charge in [0.05, 0.1) is 11.8 Å². The zero-order chi connectivity index (χ0) is 13.5. The number of aliphatic hydroxyl groups is 1. The van der Waals surface area contributed by atoms with Crippen LogP contribution in [0, 0.1) is 11.3 Å². The molecule has 18 heavy (non-hydrogen) atoms. The summed E-state index contributed by atoms with van der Waals surface area (Å²) in [5.41, 5.74) is 0.187. The highest BCUT2D eigenvalue weighted by Crippen LogP contribution is 2.48. The summed E-state index contributed by atoms with van der Waals surface area (Å²) >= 11 is 0. The van der Waals surface area contributed by atoms with Crippen LogP contribution < -0.4 is 0 Å². The van der Waals surface area contributed by atoms with E-state index in [0.717, 1.165) is 0 Å². The lowest BCUT2D eigenvalue weighted by Gasteiger charge is -2.41. The molecule has 0 aliphatic heterocycles. The van der Waals surface area contributed by atoms with Crippen LogP contribution >= 0.6 is 0 Å². The molecule has 2 N–H and O–H groups in total. The van der Waals surface area contributed by atoms with Gasteiger partial charge in [-0.2, -0.15) is 0 Å². The Morgan fingerprint density at radius 2 is 2.22 bits per heavy atom. The van der Waals surface area contributed by atoms with Gasteiger partial charge in [-0.1, -0.05) is 12.2 Å². The van der Waals surface area contributed by atoms with Gasteiger partial charge in [0.2, 0.25) is 0 Å². The maximum atomic E-state index is 12.4. The number of carbonyl (C=O) groups excluding carboxylic acids is 1. The molecule has 0 heterocycles. The Hall–Kier alpha value is -1.84. The fraction of sp³-hybridized carbons (Fsp3) is 0.429. The highest BCUT2D eigenvalue weighted by atomic mass is 16.4. The van der Waals surface area contributed by atoms with E-state index in [1.807, 2.05) is 6.08 Å². The van der Waals surface area contributed by atoms with Crippen LogP contribution in [0.4, 0.5) is 0 Å². The highest BCUT2D eigenvalue weighted by Gasteiger charge is 2.48. The van der Waals surface area contributed by atoms with E-state index < -0.39 is 17.3 Å². The van der Waals surface area contributed by atoms with Crippen molar-refractivity contribution in [3.63, 3.8) is 0 Å². The smallest absolute Gasteiger partial charge is 0.303 e. The SMILES string of the molecule is CC1=CC(O)=C2CC=C[C@@H](CC(=O)O)[C@@]2(C)C1=O. The maximum Gasteiger partial charge on any atom is 0.303 e. The van der Waals surface area contributed by atoms with E-state index in [-0.39, 0.29) is 18.0 Å². The first-order valence-corrected chi connectivity index (χ1v) is 5.91. The fourth-order valence-corrected chi connectivity index (χ4v) is 2.88. The molecule has 0 radical (unpaired) electrons. The van der Waals surface area contributed by atoms with Gasteiger partial charge < -0.3 is 10.2 Å². The average molecular weight is 248 g/mol. The molecule has 0 fully saturated rings. The van der Waals surface area contributed by atoms with Gasteiger partial charge >= 0.3 is 5.97 Å². The summed E-state index contributed by atoms with van der Waals surface area (Å²) in [5.74, 6) is -1.33. The Bertz CT molecular complexity index is 510. The van der Waals surface area contributed by atoms with Gasteiger partial charge in [0.1, 0.15) is 5.76 Å². The molecular weight excluding hydrogens is 232 g/mol. The molecule has 4 nitrogen and oxygen atoms in total. The Labute approximate surface area is 105 Å². The van der Waals surface area contributed by atoms with Gasteiger partial charge in [0.15, 0.2) is 5.78 Å². The van der Waals surface area contributed by atoms with Crippen LogP contribution in [-0.4, -0.2) is 22.0 Å². The number of carbonyl (C=O) groups is 2. The van der Waals surface area contributed by atoms with Crippen molar-refractivity contribution in [3.05, 3.63) is 35.1 Å². The monoisotopic (exact) mass is 248 g/mol. The second-order valence-electron chi connectivity index (χ2n) is 5.06. The van der Waals surface area contributed by atoms with Crippen molar-refractivity contribution in [2.24, 2.45) is 11.3 Å². The Balaban J connectivity index is 2.53. The summed E-state index contributed by atoms with van der Waals surface area (Å²) in [6.07, 6.45) is 5.46. The first-order chi connectivity index (χ1) is 8.37. The van der Waals surface area contributed by atoms with Gasteiger partial charge in [-0.3, -0.25) is 9.59 Å². The molecule has 0 spiro atoms. The third-order valence-corrected chi connectivity index (χ3v) is 3.95. The second kappa shape index (κ2) is 4.12. The molecule has 2 atom stereocenters. The number of Topliss-reactive ketones (excluding diaryl/α,β-unsaturated/α-hetero) is 1. The molecule has 0 unspecified atom stereocenters. The lowest BCUT2D eigenvalue weighted by molar-refractivity contribution is -0.139. The van der Waals surface area contributed by atoms with Crippen molar-refractivity contribution in [3.8, 4) is 0 Å². The van der Waals surface area contributed by atoms with Gasteiger partial charge in [-0.25, -0.2) is 0 Å². The van der Waals surface area contributed by atoms with E-state index in [2.05, 4.69) is 0 Å². The normalized spacial score (nSPS) is 31.1. The van der Waals surface area contributed by atoms with Gasteiger partial charge in [0.25, 0.3) is 0 Å². The lowest BCUT2D eigenvalue weighted by atomic mass is 9.60. The zero-order valence-corrected chi connectivity index (χ0v) is 10.4. The molecule has 0 aromatic carbocycles. The number of carboxylic acids is 1. The molecule has 0 aromatic heterocycles. The summed E-state index contributed by atoms with van der Waals surface area (Å²) in [4.78, 5) is 23.3. The molecule has 2 rings (SSSR count). The third kappa shape index (κ3) is 1.68. The van der Waals surface area contributed by atoms with Gasteiger partial charge in [0, 0.05) is 5.92 Å². The number of hydrogen-bond donors (Lipinski definition) is 2. The van der Waals surface area contributed by atoms with Gasteiger partial charge in [-0.15, -0.1) is 0 Å². The highest BCUT2D eigenvalue weighted by molar-refractivity contribution is 6.04. The van der Waals surface area contributed by atoms with Crippen LogP contribution in [0.2, 0.25) is 0 Å². The topological polar surface area (TPSA) is 74.6 Å². The van der Waals surface area contributed by atoms with Crippen molar-refractivity contribution >= 4 is 11.8 Å². The molecule has 2 aliphatic rings. The molecule has 96 valence electrons. The summed E-state index contributed by atoms with van der Waals surface area (Å²) in [6.45, 7) is 3.38. The lowest BCUT2D eigenvalue weighted by Crippen LogP contribution is -2.42. The summed E-state index contributed by atoms with van der Waals surface area (Å²) in [6, 6.07) is 0. The van der Waals surface area contributed by atoms with E-state index in [4.69, 9.17) is 5.11 Å². The van der Waals surface area contributed by atoms with E-state index in [0.29, 0.717) is 17.6 Å². The van der Waals surface area contributed by atoms with E-state index in [1.54, 1.807) is 19.9 Å². The average Bonchev–Trinajstić information content (AvgIpc) is 2.28. The van der Waals surface area contributed by atoms with E-state index in [9.17, 15) is 14.7 Å². The van der Waals surface area contributed by atoms with E-state index >= 15 is 0 Å². The molecule has 0 bridgehead atoms. The van der Waals surface area contributed by atoms with Crippen LogP contribution in [0.25, 0.3) is 0 Å². The second-order valence-corrected chi connectivity index (χ2v) is 5.06. The van der Waals surface area contributed by atoms with Crippen LogP contribution in [0.15, 0.2) is 35.1 Å². The minimum atomic E-state index is -0.938. The minimum absolute atomic E-state index is 0.0918. The number of carboxylic acid groups (broad SMARTS) is 1. The Morgan fingerprint density at radius 1 is 1.56 bits per heavy atom. The zero-order valence-electron chi connectivity index (χ0n) is 10.4. The van der Waals surface area contributed by atoms with Crippen molar-refractivity contribution < 1.29 is 19.8 Å². The number of fused-ring (bicyclic) bond motifs is 1. The maximum absolute atomic E-state index is 12.4. The van der Waals surface area contributed by atoms with Crippen molar-refractivity contribution in [2.45, 2.75) is 26.7 Å². The number of allylic oxidation sites excluding steroid dienone is 5. The summed E-state index contributed by atoms with van der Waals surface area (Å²) in [7, 11) is 0. The first kappa shape index (κ1) is 12.6. The molecule has 2 aliphatic carbocycles. The number of aliphatic carboxylic acids is 1. The van der Waals surface area contributed by atoms with Crippen molar-refractivity contribution in [2.75, 3.05) is 0 Å². The van der Waals surface area contributed by atoms with E-state index in [1.165, 1.54) is 6.08 Å². The molecule has 0 saturated carbocycles. The Kier molecular flexibility index (Phi) is 2.89. The largest absolute Gasteiger partial charge is 0.508 e.